The van der Waals surface area contributed by atoms with Crippen molar-refractivity contribution in [1.82, 2.24) is 5.32 Å². The zero-order valence-electron chi connectivity index (χ0n) is 24.6. The molecule has 3 N–H and O–H groups in total. The highest BCUT2D eigenvalue weighted by Crippen LogP contribution is 2.70. The second-order valence-electron chi connectivity index (χ2n) is 13.9. The van der Waals surface area contributed by atoms with E-state index in [1.807, 2.05) is 0 Å². The minimum absolute atomic E-state index is 0.0793. The lowest BCUT2D eigenvalue weighted by Gasteiger charge is -2.62. The van der Waals surface area contributed by atoms with E-state index in [0.717, 1.165) is 12.8 Å². The van der Waals surface area contributed by atoms with Crippen molar-refractivity contribution in [2.75, 3.05) is 13.2 Å². The Morgan fingerprint density at radius 2 is 1.80 bits per heavy atom. The molecule has 0 aliphatic heterocycles. The van der Waals surface area contributed by atoms with Crippen LogP contribution in [0.15, 0.2) is 23.8 Å². The van der Waals surface area contributed by atoms with Crippen LogP contribution >= 0.6 is 0 Å². The fourth-order valence-corrected chi connectivity index (χ4v) is 9.40. The quantitative estimate of drug-likeness (QED) is 0.416. The molecule has 8 atom stereocenters. The maximum atomic E-state index is 17.3. The van der Waals surface area contributed by atoms with Crippen LogP contribution in [0.2, 0.25) is 0 Å². The molecule has 0 radical (unpaired) electrons. The fraction of sp³-hybridized carbons (Fsp3) is 0.750. The Morgan fingerprint density at radius 1 is 1.12 bits per heavy atom. The Hall–Kier alpha value is -2.39. The first-order valence-electron chi connectivity index (χ1n) is 15.2. The molecule has 5 aliphatic rings. The van der Waals surface area contributed by atoms with Crippen molar-refractivity contribution in [3.05, 3.63) is 23.8 Å². The highest BCUT2D eigenvalue weighted by molar-refractivity contribution is 6.01. The second-order valence-corrected chi connectivity index (χ2v) is 13.9. The van der Waals surface area contributed by atoms with Crippen molar-refractivity contribution in [1.29, 1.82) is 0 Å². The van der Waals surface area contributed by atoms with Gasteiger partial charge < -0.3 is 20.3 Å². The van der Waals surface area contributed by atoms with Gasteiger partial charge in [0.15, 0.2) is 18.1 Å². The maximum absolute atomic E-state index is 17.3. The van der Waals surface area contributed by atoms with Gasteiger partial charge >= 0.3 is 5.97 Å². The van der Waals surface area contributed by atoms with Gasteiger partial charge in [-0.15, -0.1) is 0 Å². The summed E-state index contributed by atoms with van der Waals surface area (Å²) in [5, 5.41) is 26.4. The lowest BCUT2D eigenvalue weighted by atomic mass is 9.44. The maximum Gasteiger partial charge on any atom is 0.309 e. The number of aliphatic hydroxyl groups excluding tert-OH is 1. The molecule has 5 aliphatic carbocycles. The molecule has 1 amide bonds. The number of fused-ring (bicyclic) bond motifs is 5. The Labute approximate surface area is 241 Å². The molecule has 226 valence electrons. The Kier molecular flexibility index (Phi) is 7.63. The minimum Gasteiger partial charge on any atom is -0.457 e. The highest BCUT2D eigenvalue weighted by atomic mass is 19.1. The lowest BCUT2D eigenvalue weighted by Crippen LogP contribution is -2.69. The number of allylic oxidation sites excluding steroid dienone is 4. The van der Waals surface area contributed by atoms with E-state index in [-0.39, 0.29) is 29.9 Å². The first kappa shape index (κ1) is 30.1. The number of rotatable bonds is 6. The first-order chi connectivity index (χ1) is 19.2. The van der Waals surface area contributed by atoms with Gasteiger partial charge in [-0.3, -0.25) is 19.2 Å². The number of hydrogen-bond donors (Lipinski definition) is 3. The van der Waals surface area contributed by atoms with E-state index in [4.69, 9.17) is 4.74 Å². The van der Waals surface area contributed by atoms with Crippen LogP contribution in [0.25, 0.3) is 0 Å². The van der Waals surface area contributed by atoms with E-state index >= 15 is 4.39 Å². The molecule has 8 nitrogen and oxygen atoms in total. The van der Waals surface area contributed by atoms with Gasteiger partial charge in [0, 0.05) is 30.2 Å². The SMILES string of the molecule is CC(=O)NCC1CCC(C(=O)OCC(=O)[C@@]2(O)[C@H](C)C[C@H]3[C@@H]4CCC5=CC(=O)C=C[C@]5(C)[C@@]4(F)[C@@H](O)C[C@@]32C)CC1. The monoisotopic (exact) mass is 573 g/mol. The number of hydrogen-bond acceptors (Lipinski definition) is 7. The van der Waals surface area contributed by atoms with Crippen LogP contribution in [-0.4, -0.2) is 64.2 Å². The zero-order chi connectivity index (χ0) is 30.0. The van der Waals surface area contributed by atoms with Gasteiger partial charge in [-0.1, -0.05) is 25.5 Å². The van der Waals surface area contributed by atoms with Crippen molar-refractivity contribution in [3.63, 3.8) is 0 Å². The van der Waals surface area contributed by atoms with E-state index in [9.17, 15) is 29.4 Å². The van der Waals surface area contributed by atoms with E-state index < -0.39 is 58.4 Å². The number of halogens is 1. The largest absolute Gasteiger partial charge is 0.457 e. The molecule has 4 saturated carbocycles. The molecule has 0 spiro atoms. The molecular weight excluding hydrogens is 529 g/mol. The average Bonchev–Trinajstić information content (AvgIpc) is 3.13. The molecule has 0 aromatic rings. The third-order valence-corrected chi connectivity index (χ3v) is 11.8. The molecule has 0 saturated heterocycles. The van der Waals surface area contributed by atoms with Crippen LogP contribution in [0, 0.1) is 40.4 Å². The fourth-order valence-electron chi connectivity index (χ4n) is 9.40. The summed E-state index contributed by atoms with van der Waals surface area (Å²) in [6.45, 7) is 6.78. The predicted molar refractivity (Wildman–Crippen MR) is 148 cm³/mol. The van der Waals surface area contributed by atoms with Gasteiger partial charge in [-0.25, -0.2) is 4.39 Å². The third kappa shape index (κ3) is 4.44. The van der Waals surface area contributed by atoms with Gasteiger partial charge in [-0.2, -0.15) is 0 Å². The molecule has 41 heavy (non-hydrogen) atoms. The van der Waals surface area contributed by atoms with Crippen molar-refractivity contribution in [3.8, 4) is 0 Å². The van der Waals surface area contributed by atoms with Crippen LogP contribution in [-0.2, 0) is 23.9 Å². The van der Waals surface area contributed by atoms with Crippen LogP contribution in [0.3, 0.4) is 0 Å². The number of amides is 1. The number of nitrogens with one attached hydrogen (secondary N) is 1. The Bertz CT molecular complexity index is 1190. The van der Waals surface area contributed by atoms with E-state index in [1.165, 1.54) is 19.1 Å². The van der Waals surface area contributed by atoms with E-state index in [1.54, 1.807) is 26.8 Å². The van der Waals surface area contributed by atoms with Crippen LogP contribution in [0.4, 0.5) is 4.39 Å². The number of carbonyl (C=O) groups excluding carboxylic acids is 4. The molecule has 0 bridgehead atoms. The molecular formula is C32H44FNO7. The number of carbonyl (C=O) groups is 4. The van der Waals surface area contributed by atoms with Crippen LogP contribution in [0.5, 0.6) is 0 Å². The summed E-state index contributed by atoms with van der Waals surface area (Å²) in [7, 11) is 0. The molecule has 0 unspecified atom stereocenters. The number of aliphatic hydroxyl groups is 2. The average molecular weight is 574 g/mol. The summed E-state index contributed by atoms with van der Waals surface area (Å²) in [5.41, 5.74) is -5.50. The highest BCUT2D eigenvalue weighted by Gasteiger charge is 2.75. The smallest absolute Gasteiger partial charge is 0.309 e. The second kappa shape index (κ2) is 10.4. The van der Waals surface area contributed by atoms with E-state index in [2.05, 4.69) is 5.32 Å². The normalized spacial score (nSPS) is 45.1. The van der Waals surface area contributed by atoms with Crippen molar-refractivity contribution in [2.45, 2.75) is 96.4 Å². The number of Topliss-reactive ketones (excluding diaryl/α,β-unsaturated/α-hetero) is 1. The number of ether oxygens (including phenoxy) is 1. The standard InChI is InChI=1S/C32H44FNO7/c1-18-13-25-24-10-9-22-14-23(36)11-12-29(22,3)31(24,33)26(37)15-30(25,4)32(18,40)27(38)17-41-28(39)21-7-5-20(6-8-21)16-34-19(2)35/h11-12,14,18,20-21,24-26,37,40H,5-10,13,15-17H2,1-4H3,(H,34,35)/t18-,20?,21?,24+,25+,26+,29+,30+,31+,32+/m1/s1. The Balaban J connectivity index is 1.29. The summed E-state index contributed by atoms with van der Waals surface area (Å²) in [6, 6.07) is 0. The van der Waals surface area contributed by atoms with Crippen LogP contribution < -0.4 is 5.32 Å². The third-order valence-electron chi connectivity index (χ3n) is 11.8. The molecule has 0 aromatic heterocycles. The lowest BCUT2D eigenvalue weighted by molar-refractivity contribution is -0.220. The van der Waals surface area contributed by atoms with Crippen molar-refractivity contribution < 1.29 is 38.5 Å². The summed E-state index contributed by atoms with van der Waals surface area (Å²) >= 11 is 0. The molecule has 0 aromatic carbocycles. The minimum atomic E-state index is -2.04. The van der Waals surface area contributed by atoms with Gasteiger partial charge in [0.25, 0.3) is 0 Å². The van der Waals surface area contributed by atoms with Gasteiger partial charge in [0.05, 0.1) is 12.0 Å². The van der Waals surface area contributed by atoms with Gasteiger partial charge in [0.1, 0.15) is 5.60 Å². The summed E-state index contributed by atoms with van der Waals surface area (Å²) in [6.07, 6.45) is 6.97. The topological polar surface area (TPSA) is 130 Å². The summed E-state index contributed by atoms with van der Waals surface area (Å²) in [5.74, 6) is -2.87. The zero-order valence-corrected chi connectivity index (χ0v) is 24.6. The summed E-state index contributed by atoms with van der Waals surface area (Å²) in [4.78, 5) is 49.8. The van der Waals surface area contributed by atoms with Gasteiger partial charge in [-0.05, 0) is 88.2 Å². The molecule has 9 heteroatoms. The molecule has 5 rings (SSSR count). The predicted octanol–water partition coefficient (Wildman–Crippen LogP) is 3.39. The summed E-state index contributed by atoms with van der Waals surface area (Å²) < 4.78 is 22.8. The first-order valence-corrected chi connectivity index (χ1v) is 15.2. The van der Waals surface area contributed by atoms with Crippen LogP contribution in [0.1, 0.15) is 79.1 Å². The molecule has 4 fully saturated rings. The van der Waals surface area contributed by atoms with E-state index in [0.29, 0.717) is 50.1 Å². The number of esters is 1. The number of alkyl halides is 1. The van der Waals surface area contributed by atoms with Gasteiger partial charge in [0.2, 0.25) is 11.7 Å². The molecule has 0 heterocycles. The van der Waals surface area contributed by atoms with Crippen molar-refractivity contribution >= 4 is 23.4 Å². The number of ketones is 2. The Morgan fingerprint density at radius 3 is 2.46 bits per heavy atom. The van der Waals surface area contributed by atoms with Crippen molar-refractivity contribution in [2.24, 2.45) is 40.4 Å².